The van der Waals surface area contributed by atoms with Crippen molar-refractivity contribution in [3.8, 4) is 5.75 Å². The van der Waals surface area contributed by atoms with Crippen molar-refractivity contribution in [2.45, 2.75) is 10.8 Å². The van der Waals surface area contributed by atoms with Crippen LogP contribution in [0.1, 0.15) is 21.5 Å². The summed E-state index contributed by atoms with van der Waals surface area (Å²) >= 11 is 1.57. The SMILES string of the molecule is COc1ccc(/C=N/NC(=O)C(=O)Nc2ccccc2C(=O)N2CCOCC2)cc1CSc1ccccn1. The molecule has 4 rings (SSSR count). The van der Waals surface area contributed by atoms with E-state index in [1.807, 2.05) is 30.3 Å². The zero-order chi connectivity index (χ0) is 26.7. The van der Waals surface area contributed by atoms with Gasteiger partial charge in [-0.25, -0.2) is 10.4 Å². The lowest BCUT2D eigenvalue weighted by Gasteiger charge is -2.27. The molecule has 196 valence electrons. The molecule has 1 aliphatic rings. The number of para-hydroxylation sites is 1. The normalized spacial score (nSPS) is 13.2. The monoisotopic (exact) mass is 533 g/mol. The molecule has 0 spiro atoms. The third kappa shape index (κ3) is 7.17. The molecule has 1 aliphatic heterocycles. The maximum absolute atomic E-state index is 12.9. The lowest BCUT2D eigenvalue weighted by Crippen LogP contribution is -2.41. The lowest BCUT2D eigenvalue weighted by molar-refractivity contribution is -0.136. The Morgan fingerprint density at radius 1 is 1.08 bits per heavy atom. The van der Waals surface area contributed by atoms with E-state index in [9.17, 15) is 14.4 Å². The van der Waals surface area contributed by atoms with Crippen molar-refractivity contribution in [2.24, 2.45) is 5.10 Å². The topological polar surface area (TPSA) is 122 Å². The van der Waals surface area contributed by atoms with Gasteiger partial charge in [-0.2, -0.15) is 5.10 Å². The maximum atomic E-state index is 12.9. The fraction of sp³-hybridized carbons (Fsp3) is 0.222. The van der Waals surface area contributed by atoms with Crippen molar-refractivity contribution in [3.63, 3.8) is 0 Å². The van der Waals surface area contributed by atoms with Gasteiger partial charge in [0.25, 0.3) is 5.91 Å². The second-order valence-corrected chi connectivity index (χ2v) is 9.13. The molecule has 1 fully saturated rings. The second kappa shape index (κ2) is 13.4. The standard InChI is InChI=1S/C27H27N5O5S/c1-36-23-10-9-19(16-20(23)18-38-24-8-4-5-11-28-24)17-29-31-26(34)25(33)30-22-7-3-2-6-21(22)27(35)32-12-14-37-15-13-32/h2-11,16-17H,12-15,18H2,1H3,(H,30,33)(H,31,34)/b29-17+. The number of aromatic nitrogens is 1. The highest BCUT2D eigenvalue weighted by atomic mass is 32.2. The number of anilines is 1. The first-order valence-corrected chi connectivity index (χ1v) is 12.8. The number of nitrogens with one attached hydrogen (secondary N) is 2. The molecular weight excluding hydrogens is 506 g/mol. The van der Waals surface area contributed by atoms with Crippen molar-refractivity contribution in [2.75, 3.05) is 38.7 Å². The molecule has 0 bridgehead atoms. The van der Waals surface area contributed by atoms with E-state index in [0.29, 0.717) is 43.2 Å². The summed E-state index contributed by atoms with van der Waals surface area (Å²) < 4.78 is 10.7. The van der Waals surface area contributed by atoms with E-state index in [-0.39, 0.29) is 11.6 Å². The van der Waals surface area contributed by atoms with Crippen molar-refractivity contribution in [1.82, 2.24) is 15.3 Å². The maximum Gasteiger partial charge on any atom is 0.329 e. The third-order valence-corrected chi connectivity index (χ3v) is 6.60. The highest BCUT2D eigenvalue weighted by Crippen LogP contribution is 2.27. The smallest absolute Gasteiger partial charge is 0.329 e. The molecule has 11 heteroatoms. The van der Waals surface area contributed by atoms with Gasteiger partial charge in [0.1, 0.15) is 5.75 Å². The van der Waals surface area contributed by atoms with Crippen LogP contribution in [0.4, 0.5) is 5.69 Å². The first kappa shape index (κ1) is 26.8. The number of pyridine rings is 1. The van der Waals surface area contributed by atoms with Crippen LogP contribution >= 0.6 is 11.8 Å². The summed E-state index contributed by atoms with van der Waals surface area (Å²) in [5.74, 6) is -0.793. The molecule has 1 saturated heterocycles. The van der Waals surface area contributed by atoms with Gasteiger partial charge in [-0.15, -0.1) is 11.8 Å². The number of hydrazone groups is 1. The Hall–Kier alpha value is -4.22. The molecule has 0 atom stereocenters. The average Bonchev–Trinajstić information content (AvgIpc) is 2.97. The Bertz CT molecular complexity index is 1310. The first-order valence-electron chi connectivity index (χ1n) is 11.9. The van der Waals surface area contributed by atoms with E-state index >= 15 is 0 Å². The summed E-state index contributed by atoms with van der Waals surface area (Å²) in [5.41, 5.74) is 4.42. The van der Waals surface area contributed by atoms with Crippen molar-refractivity contribution >= 4 is 41.4 Å². The van der Waals surface area contributed by atoms with Crippen molar-refractivity contribution in [1.29, 1.82) is 0 Å². The number of nitrogens with zero attached hydrogens (tertiary/aromatic N) is 3. The number of benzene rings is 2. The van der Waals surface area contributed by atoms with Crippen LogP contribution in [0.15, 0.2) is 77.0 Å². The van der Waals surface area contributed by atoms with Gasteiger partial charge in [-0.1, -0.05) is 18.2 Å². The summed E-state index contributed by atoms with van der Waals surface area (Å²) in [6.45, 7) is 1.84. The van der Waals surface area contributed by atoms with Crippen LogP contribution in [0.2, 0.25) is 0 Å². The van der Waals surface area contributed by atoms with Crippen LogP contribution < -0.4 is 15.5 Å². The number of ether oxygens (including phenoxy) is 2. The molecule has 1 aromatic heterocycles. The molecule has 3 aromatic rings. The number of carbonyl (C=O) groups is 3. The van der Waals surface area contributed by atoms with Crippen LogP contribution in [-0.4, -0.2) is 67.2 Å². The fourth-order valence-electron chi connectivity index (χ4n) is 3.69. The third-order valence-electron chi connectivity index (χ3n) is 5.61. The number of methoxy groups -OCH3 is 1. The van der Waals surface area contributed by atoms with Gasteiger partial charge in [0.2, 0.25) is 0 Å². The van der Waals surface area contributed by atoms with Crippen molar-refractivity contribution < 1.29 is 23.9 Å². The van der Waals surface area contributed by atoms with E-state index in [1.165, 1.54) is 6.21 Å². The van der Waals surface area contributed by atoms with Gasteiger partial charge < -0.3 is 19.7 Å². The summed E-state index contributed by atoms with van der Waals surface area (Å²) in [6, 6.07) is 17.8. The average molecular weight is 534 g/mol. The molecule has 0 saturated carbocycles. The molecule has 0 aliphatic carbocycles. The fourth-order valence-corrected chi connectivity index (χ4v) is 4.53. The number of amides is 3. The Kier molecular flexibility index (Phi) is 9.43. The molecule has 2 heterocycles. The van der Waals surface area contributed by atoms with Gasteiger partial charge in [0, 0.05) is 30.6 Å². The minimum atomic E-state index is -0.964. The largest absolute Gasteiger partial charge is 0.496 e. The van der Waals surface area contributed by atoms with Gasteiger partial charge >= 0.3 is 11.8 Å². The zero-order valence-electron chi connectivity index (χ0n) is 20.8. The van der Waals surface area contributed by atoms with E-state index in [0.717, 1.165) is 16.3 Å². The molecule has 10 nitrogen and oxygen atoms in total. The molecular formula is C27H27N5O5S. The summed E-state index contributed by atoms with van der Waals surface area (Å²) in [4.78, 5) is 43.7. The van der Waals surface area contributed by atoms with Crippen LogP contribution in [0, 0.1) is 0 Å². The summed E-state index contributed by atoms with van der Waals surface area (Å²) in [7, 11) is 1.60. The quantitative estimate of drug-likeness (QED) is 0.198. The molecule has 0 radical (unpaired) electrons. The van der Waals surface area contributed by atoms with Crippen LogP contribution in [0.3, 0.4) is 0 Å². The highest BCUT2D eigenvalue weighted by Gasteiger charge is 2.23. The number of thioether (sulfide) groups is 1. The summed E-state index contributed by atoms with van der Waals surface area (Å²) in [6.07, 6.45) is 3.18. The number of hydrogen-bond donors (Lipinski definition) is 2. The first-order chi connectivity index (χ1) is 18.5. The Balaban J connectivity index is 1.36. The van der Waals surface area contributed by atoms with Crippen LogP contribution in [0.25, 0.3) is 0 Å². The van der Waals surface area contributed by atoms with Gasteiger partial charge in [0.15, 0.2) is 0 Å². The van der Waals surface area contributed by atoms with Crippen LogP contribution in [-0.2, 0) is 20.1 Å². The lowest BCUT2D eigenvalue weighted by atomic mass is 10.1. The Morgan fingerprint density at radius 2 is 1.87 bits per heavy atom. The van der Waals surface area contributed by atoms with E-state index < -0.39 is 11.8 Å². The number of carbonyl (C=O) groups excluding carboxylic acids is 3. The minimum Gasteiger partial charge on any atom is -0.496 e. The molecule has 2 N–H and O–H groups in total. The zero-order valence-corrected chi connectivity index (χ0v) is 21.6. The van der Waals surface area contributed by atoms with E-state index in [2.05, 4.69) is 20.8 Å². The van der Waals surface area contributed by atoms with E-state index in [4.69, 9.17) is 9.47 Å². The number of morpholine rings is 1. The molecule has 38 heavy (non-hydrogen) atoms. The second-order valence-electron chi connectivity index (χ2n) is 8.13. The van der Waals surface area contributed by atoms with Gasteiger partial charge in [-0.3, -0.25) is 14.4 Å². The predicted octanol–water partition coefficient (Wildman–Crippen LogP) is 2.94. The number of hydrogen-bond acceptors (Lipinski definition) is 8. The molecule has 3 amide bonds. The Labute approximate surface area is 224 Å². The van der Waals surface area contributed by atoms with E-state index in [1.54, 1.807) is 60.3 Å². The highest BCUT2D eigenvalue weighted by molar-refractivity contribution is 7.98. The summed E-state index contributed by atoms with van der Waals surface area (Å²) in [5, 5.41) is 7.31. The predicted molar refractivity (Wildman–Crippen MR) is 144 cm³/mol. The molecule has 2 aromatic carbocycles. The van der Waals surface area contributed by atoms with Gasteiger partial charge in [-0.05, 0) is 48.0 Å². The van der Waals surface area contributed by atoms with Crippen LogP contribution in [0.5, 0.6) is 5.75 Å². The Morgan fingerprint density at radius 3 is 2.63 bits per heavy atom. The van der Waals surface area contributed by atoms with Crippen molar-refractivity contribution in [3.05, 3.63) is 83.6 Å². The number of rotatable bonds is 8. The minimum absolute atomic E-state index is 0.237. The molecule has 0 unspecified atom stereocenters. The van der Waals surface area contributed by atoms with Gasteiger partial charge in [0.05, 0.1) is 42.8 Å².